The zero-order chi connectivity index (χ0) is 20.1. The Morgan fingerprint density at radius 2 is 1.86 bits per heavy atom. The molecule has 1 amide bonds. The smallest absolute Gasteiger partial charge is 0.226 e. The summed E-state index contributed by atoms with van der Waals surface area (Å²) in [6, 6.07) is 12.6. The van der Waals surface area contributed by atoms with Crippen molar-refractivity contribution in [1.82, 2.24) is 15.0 Å². The molecule has 28 heavy (non-hydrogen) atoms. The second kappa shape index (κ2) is 9.41. The molecule has 2 aromatic carbocycles. The Bertz CT molecular complexity index is 958. The fourth-order valence-corrected chi connectivity index (χ4v) is 3.17. The van der Waals surface area contributed by atoms with E-state index in [2.05, 4.69) is 10.1 Å². The van der Waals surface area contributed by atoms with Crippen LogP contribution in [-0.2, 0) is 17.8 Å². The Balaban J connectivity index is 1.50. The summed E-state index contributed by atoms with van der Waals surface area (Å²) in [7, 11) is 1.74. The average Bonchev–Trinajstić information content (AvgIpc) is 3.14. The van der Waals surface area contributed by atoms with Crippen molar-refractivity contribution >= 4 is 40.7 Å². The molecule has 0 radical (unpaired) electrons. The number of aryl methyl sites for hydroxylation is 1. The predicted octanol–water partition coefficient (Wildman–Crippen LogP) is 5.68. The van der Waals surface area contributed by atoms with Crippen LogP contribution in [0.1, 0.15) is 24.3 Å². The monoisotopic (exact) mass is 437 g/mol. The number of hydrogen-bond acceptors (Lipinski definition) is 4. The van der Waals surface area contributed by atoms with Gasteiger partial charge in [0.15, 0.2) is 0 Å². The van der Waals surface area contributed by atoms with E-state index in [9.17, 15) is 4.79 Å². The molecular weight excluding hydrogens is 421 g/mol. The van der Waals surface area contributed by atoms with Crippen molar-refractivity contribution in [2.24, 2.45) is 0 Å². The van der Waals surface area contributed by atoms with Gasteiger partial charge < -0.3 is 9.42 Å². The zero-order valence-electron chi connectivity index (χ0n) is 15.2. The largest absolute Gasteiger partial charge is 0.341 e. The van der Waals surface area contributed by atoms with Gasteiger partial charge in [-0.3, -0.25) is 4.79 Å². The van der Waals surface area contributed by atoms with Crippen LogP contribution in [0, 0.1) is 0 Å². The maximum Gasteiger partial charge on any atom is 0.226 e. The summed E-state index contributed by atoms with van der Waals surface area (Å²) in [5, 5.41) is 5.57. The molecule has 1 heterocycles. The lowest BCUT2D eigenvalue weighted by molar-refractivity contribution is -0.130. The first-order valence-electron chi connectivity index (χ1n) is 8.69. The van der Waals surface area contributed by atoms with Crippen LogP contribution < -0.4 is 0 Å². The van der Waals surface area contributed by atoms with Gasteiger partial charge in [-0.15, -0.1) is 0 Å². The Morgan fingerprint density at radius 1 is 1.11 bits per heavy atom. The van der Waals surface area contributed by atoms with Crippen molar-refractivity contribution in [3.05, 3.63) is 69.0 Å². The average molecular weight is 439 g/mol. The van der Waals surface area contributed by atoms with Crippen LogP contribution in [0.2, 0.25) is 15.1 Å². The summed E-state index contributed by atoms with van der Waals surface area (Å²) in [6.07, 6.45) is 1.50. The van der Waals surface area contributed by atoms with E-state index in [4.69, 9.17) is 39.3 Å². The number of carbonyl (C=O) groups is 1. The fraction of sp³-hybridized carbons (Fsp3) is 0.250. The van der Waals surface area contributed by atoms with Crippen LogP contribution in [0.25, 0.3) is 11.4 Å². The Morgan fingerprint density at radius 3 is 2.61 bits per heavy atom. The van der Waals surface area contributed by atoms with Gasteiger partial charge >= 0.3 is 0 Å². The molecule has 0 unspecified atom stereocenters. The number of aromatic nitrogens is 2. The number of amides is 1. The van der Waals surface area contributed by atoms with E-state index in [1.165, 1.54) is 0 Å². The lowest BCUT2D eigenvalue weighted by Crippen LogP contribution is -2.26. The second-order valence-corrected chi connectivity index (χ2v) is 7.56. The van der Waals surface area contributed by atoms with Crippen LogP contribution in [-0.4, -0.2) is 28.0 Å². The summed E-state index contributed by atoms with van der Waals surface area (Å²) in [5.74, 6) is 1.01. The van der Waals surface area contributed by atoms with E-state index >= 15 is 0 Å². The Labute approximate surface area is 178 Å². The van der Waals surface area contributed by atoms with E-state index in [-0.39, 0.29) is 5.91 Å². The van der Waals surface area contributed by atoms with Crippen LogP contribution >= 0.6 is 34.8 Å². The highest BCUT2D eigenvalue weighted by Gasteiger charge is 2.14. The molecule has 0 aliphatic carbocycles. The van der Waals surface area contributed by atoms with E-state index in [0.29, 0.717) is 52.6 Å². The van der Waals surface area contributed by atoms with Crippen molar-refractivity contribution in [3.8, 4) is 11.4 Å². The minimum Gasteiger partial charge on any atom is -0.341 e. The molecule has 3 aromatic rings. The maximum absolute atomic E-state index is 12.4. The zero-order valence-corrected chi connectivity index (χ0v) is 17.4. The third-order valence-electron chi connectivity index (χ3n) is 4.22. The van der Waals surface area contributed by atoms with Crippen LogP contribution in [0.3, 0.4) is 0 Å². The normalized spacial score (nSPS) is 10.9. The number of nitrogens with zero attached hydrogens (tertiary/aromatic N) is 3. The highest BCUT2D eigenvalue weighted by atomic mass is 35.5. The molecule has 0 spiro atoms. The molecule has 5 nitrogen and oxygen atoms in total. The number of hydrogen-bond donors (Lipinski definition) is 0. The topological polar surface area (TPSA) is 59.2 Å². The van der Waals surface area contributed by atoms with Gasteiger partial charge in [-0.05, 0) is 42.3 Å². The third-order valence-corrected chi connectivity index (χ3v) is 5.33. The summed E-state index contributed by atoms with van der Waals surface area (Å²) in [6.45, 7) is 0.402. The third kappa shape index (κ3) is 5.25. The van der Waals surface area contributed by atoms with Crippen LogP contribution in [0.15, 0.2) is 47.0 Å². The molecule has 8 heteroatoms. The summed E-state index contributed by atoms with van der Waals surface area (Å²) < 4.78 is 5.27. The van der Waals surface area contributed by atoms with Crippen LogP contribution in [0.4, 0.5) is 0 Å². The van der Waals surface area contributed by atoms with E-state index in [0.717, 1.165) is 11.1 Å². The van der Waals surface area contributed by atoms with Crippen molar-refractivity contribution in [3.63, 3.8) is 0 Å². The fourth-order valence-electron chi connectivity index (χ4n) is 2.67. The van der Waals surface area contributed by atoms with Gasteiger partial charge in [0.2, 0.25) is 17.6 Å². The van der Waals surface area contributed by atoms with Gasteiger partial charge in [0.05, 0.1) is 10.0 Å². The van der Waals surface area contributed by atoms with Gasteiger partial charge in [0.25, 0.3) is 0 Å². The molecule has 0 fully saturated rings. The minimum absolute atomic E-state index is 0.00785. The van der Waals surface area contributed by atoms with Crippen LogP contribution in [0.5, 0.6) is 0 Å². The van der Waals surface area contributed by atoms with Crippen molar-refractivity contribution in [1.29, 1.82) is 0 Å². The quantitative estimate of drug-likeness (QED) is 0.476. The Kier molecular flexibility index (Phi) is 6.94. The molecule has 146 valence electrons. The van der Waals surface area contributed by atoms with Crippen molar-refractivity contribution in [2.75, 3.05) is 7.05 Å². The highest BCUT2D eigenvalue weighted by Crippen LogP contribution is 2.26. The first kappa shape index (κ1) is 20.6. The first-order chi connectivity index (χ1) is 13.4. The van der Waals surface area contributed by atoms with E-state index in [1.54, 1.807) is 30.1 Å². The highest BCUT2D eigenvalue weighted by molar-refractivity contribution is 6.42. The van der Waals surface area contributed by atoms with E-state index in [1.807, 2.05) is 24.3 Å². The molecule has 0 atom stereocenters. The molecule has 0 saturated carbocycles. The summed E-state index contributed by atoms with van der Waals surface area (Å²) in [5.41, 5.74) is 1.64. The SMILES string of the molecule is CN(Cc1cccc(Cl)c1Cl)C(=O)CCCc1nc(-c2ccc(Cl)cc2)no1. The minimum atomic E-state index is 0.00785. The molecular formula is C20H18Cl3N3O2. The van der Waals surface area contributed by atoms with Gasteiger partial charge in [0.1, 0.15) is 0 Å². The van der Waals surface area contributed by atoms with Gasteiger partial charge in [-0.1, -0.05) is 52.1 Å². The summed E-state index contributed by atoms with van der Waals surface area (Å²) >= 11 is 18.1. The van der Waals surface area contributed by atoms with Gasteiger partial charge in [-0.25, -0.2) is 0 Å². The number of carbonyl (C=O) groups excluding carboxylic acids is 1. The molecule has 1 aromatic heterocycles. The predicted molar refractivity (Wildman–Crippen MR) is 111 cm³/mol. The molecule has 3 rings (SSSR count). The molecule has 0 bridgehead atoms. The standard InChI is InChI=1S/C20H18Cl3N3O2/c1-26(12-14-4-2-5-16(22)19(14)23)18(27)7-3-6-17-24-20(25-28-17)13-8-10-15(21)11-9-13/h2,4-5,8-11H,3,6-7,12H2,1H3. The second-order valence-electron chi connectivity index (χ2n) is 6.33. The first-order valence-corrected chi connectivity index (χ1v) is 9.83. The molecule has 0 aliphatic heterocycles. The molecule has 0 aliphatic rings. The molecule has 0 N–H and O–H groups in total. The number of benzene rings is 2. The van der Waals surface area contributed by atoms with Gasteiger partial charge in [-0.2, -0.15) is 4.98 Å². The van der Waals surface area contributed by atoms with Crippen molar-refractivity contribution in [2.45, 2.75) is 25.8 Å². The number of halogens is 3. The maximum atomic E-state index is 12.4. The molecule has 0 saturated heterocycles. The van der Waals surface area contributed by atoms with E-state index < -0.39 is 0 Å². The van der Waals surface area contributed by atoms with Crippen molar-refractivity contribution < 1.29 is 9.32 Å². The number of rotatable bonds is 7. The lowest BCUT2D eigenvalue weighted by Gasteiger charge is -2.18. The van der Waals surface area contributed by atoms with Gasteiger partial charge in [0, 0.05) is 37.0 Å². The lowest BCUT2D eigenvalue weighted by atomic mass is 10.2. The Hall–Kier alpha value is -2.08. The summed E-state index contributed by atoms with van der Waals surface area (Å²) in [4.78, 5) is 18.4.